The first-order valence-electron chi connectivity index (χ1n) is 6.87. The van der Waals surface area contributed by atoms with Crippen LogP contribution in [0.25, 0.3) is 0 Å². The molecule has 0 fully saturated rings. The quantitative estimate of drug-likeness (QED) is 0.813. The van der Waals surface area contributed by atoms with E-state index in [4.69, 9.17) is 10.00 Å². The molecule has 2 aromatic carbocycles. The molecule has 0 amide bonds. The van der Waals surface area contributed by atoms with Gasteiger partial charge in [-0.05, 0) is 43.3 Å². The van der Waals surface area contributed by atoms with Gasteiger partial charge in [0, 0.05) is 12.2 Å². The number of para-hydroxylation sites is 1. The number of halogens is 1. The predicted molar refractivity (Wildman–Crippen MR) is 80.9 cm³/mol. The third-order valence-corrected chi connectivity index (χ3v) is 3.20. The summed E-state index contributed by atoms with van der Waals surface area (Å²) in [5.74, 6) is 0.351. The largest absolute Gasteiger partial charge is 0.490 e. The first kappa shape index (κ1) is 14.9. The van der Waals surface area contributed by atoms with Crippen LogP contribution in [-0.2, 0) is 0 Å². The van der Waals surface area contributed by atoms with Crippen LogP contribution >= 0.6 is 0 Å². The van der Waals surface area contributed by atoms with Gasteiger partial charge in [-0.1, -0.05) is 12.1 Å². The molecule has 3 nitrogen and oxygen atoms in total. The Bertz CT molecular complexity index is 619. The first-order chi connectivity index (χ1) is 10.2. The van der Waals surface area contributed by atoms with Crippen LogP contribution < -0.4 is 9.64 Å². The van der Waals surface area contributed by atoms with Crippen LogP contribution in [0.1, 0.15) is 12.5 Å². The molecule has 108 valence electrons. The Balaban J connectivity index is 1.95. The van der Waals surface area contributed by atoms with E-state index in [1.54, 1.807) is 24.3 Å². The molecule has 0 heterocycles. The molecule has 0 saturated carbocycles. The Morgan fingerprint density at radius 1 is 1.14 bits per heavy atom. The molecule has 0 aromatic heterocycles. The van der Waals surface area contributed by atoms with E-state index >= 15 is 0 Å². The Morgan fingerprint density at radius 2 is 1.86 bits per heavy atom. The lowest BCUT2D eigenvalue weighted by atomic mass is 10.2. The summed E-state index contributed by atoms with van der Waals surface area (Å²) >= 11 is 0. The van der Waals surface area contributed by atoms with Crippen molar-refractivity contribution >= 4 is 5.69 Å². The number of hydrogen-bond donors (Lipinski definition) is 0. The van der Waals surface area contributed by atoms with Gasteiger partial charge in [0.25, 0.3) is 0 Å². The highest BCUT2D eigenvalue weighted by Crippen LogP contribution is 2.17. The van der Waals surface area contributed by atoms with Crippen molar-refractivity contribution in [3.63, 3.8) is 0 Å². The van der Waals surface area contributed by atoms with E-state index in [9.17, 15) is 4.39 Å². The van der Waals surface area contributed by atoms with Gasteiger partial charge in [0.1, 0.15) is 24.2 Å². The minimum atomic E-state index is -0.242. The van der Waals surface area contributed by atoms with Crippen LogP contribution in [0.15, 0.2) is 48.5 Å². The molecule has 2 aromatic rings. The molecular formula is C17H17FN2O. The van der Waals surface area contributed by atoms with Crippen molar-refractivity contribution in [1.82, 2.24) is 0 Å². The molecular weight excluding hydrogens is 267 g/mol. The number of nitrogens with zero attached hydrogens (tertiary/aromatic N) is 2. The molecule has 0 aliphatic carbocycles. The van der Waals surface area contributed by atoms with E-state index in [1.165, 1.54) is 12.1 Å². The zero-order valence-corrected chi connectivity index (χ0v) is 11.9. The highest BCUT2D eigenvalue weighted by Gasteiger charge is 2.06. The number of nitriles is 1. The fraction of sp³-hybridized carbons (Fsp3) is 0.235. The summed E-state index contributed by atoms with van der Waals surface area (Å²) in [6.45, 7) is 3.97. The molecule has 0 aliphatic rings. The molecule has 0 aliphatic heterocycles. The van der Waals surface area contributed by atoms with Crippen LogP contribution in [0.5, 0.6) is 5.75 Å². The Kier molecular flexibility index (Phi) is 5.16. The summed E-state index contributed by atoms with van der Waals surface area (Å²) in [5.41, 5.74) is 1.48. The maximum absolute atomic E-state index is 12.9. The van der Waals surface area contributed by atoms with Crippen molar-refractivity contribution in [2.24, 2.45) is 0 Å². The molecule has 0 saturated heterocycles. The lowest BCUT2D eigenvalue weighted by Crippen LogP contribution is -2.28. The Hall–Kier alpha value is -2.54. The summed E-state index contributed by atoms with van der Waals surface area (Å²) in [7, 11) is 0. The van der Waals surface area contributed by atoms with Crippen molar-refractivity contribution in [3.05, 3.63) is 59.9 Å². The molecule has 4 heteroatoms. The van der Waals surface area contributed by atoms with E-state index in [1.807, 2.05) is 19.1 Å². The maximum Gasteiger partial charge on any atom is 0.137 e. The molecule has 0 radical (unpaired) electrons. The highest BCUT2D eigenvalue weighted by atomic mass is 19.1. The smallest absolute Gasteiger partial charge is 0.137 e. The van der Waals surface area contributed by atoms with Crippen molar-refractivity contribution in [3.8, 4) is 11.8 Å². The molecule has 21 heavy (non-hydrogen) atoms. The Labute approximate surface area is 124 Å². The number of anilines is 1. The van der Waals surface area contributed by atoms with Gasteiger partial charge in [0.2, 0.25) is 0 Å². The van der Waals surface area contributed by atoms with Gasteiger partial charge in [-0.25, -0.2) is 4.39 Å². The first-order valence-corrected chi connectivity index (χ1v) is 6.87. The predicted octanol–water partition coefficient (Wildman–Crippen LogP) is 3.60. The number of benzene rings is 2. The second-order valence-electron chi connectivity index (χ2n) is 4.51. The van der Waals surface area contributed by atoms with E-state index in [0.29, 0.717) is 24.5 Å². The van der Waals surface area contributed by atoms with E-state index < -0.39 is 0 Å². The zero-order valence-electron chi connectivity index (χ0n) is 11.9. The number of ether oxygens (including phenoxy) is 1. The monoisotopic (exact) mass is 284 g/mol. The van der Waals surface area contributed by atoms with E-state index in [2.05, 4.69) is 11.0 Å². The normalized spacial score (nSPS) is 9.95. The van der Waals surface area contributed by atoms with Gasteiger partial charge in [-0.3, -0.25) is 0 Å². The standard InChI is InChI=1S/C17H17FN2O/c1-2-20(16-9-7-15(18)8-10-16)11-12-21-17-6-4-3-5-14(17)13-19/h3-10H,2,11-12H2,1H3. The zero-order chi connectivity index (χ0) is 15.1. The second kappa shape index (κ2) is 7.30. The summed E-state index contributed by atoms with van der Waals surface area (Å²) in [6, 6.07) is 15.7. The van der Waals surface area contributed by atoms with Crippen molar-refractivity contribution in [2.45, 2.75) is 6.92 Å². The average Bonchev–Trinajstić information content (AvgIpc) is 2.53. The Morgan fingerprint density at radius 3 is 2.52 bits per heavy atom. The molecule has 0 N–H and O–H groups in total. The lowest BCUT2D eigenvalue weighted by Gasteiger charge is -2.23. The van der Waals surface area contributed by atoms with Gasteiger partial charge in [-0.2, -0.15) is 5.26 Å². The van der Waals surface area contributed by atoms with Gasteiger partial charge in [0.05, 0.1) is 12.1 Å². The minimum absolute atomic E-state index is 0.242. The van der Waals surface area contributed by atoms with Gasteiger partial charge >= 0.3 is 0 Å². The van der Waals surface area contributed by atoms with E-state index in [-0.39, 0.29) is 5.82 Å². The summed E-state index contributed by atoms with van der Waals surface area (Å²) in [5, 5.41) is 9.00. The van der Waals surface area contributed by atoms with Crippen molar-refractivity contribution in [1.29, 1.82) is 5.26 Å². The minimum Gasteiger partial charge on any atom is -0.490 e. The summed E-state index contributed by atoms with van der Waals surface area (Å²) < 4.78 is 18.6. The van der Waals surface area contributed by atoms with Crippen LogP contribution in [0.2, 0.25) is 0 Å². The van der Waals surface area contributed by atoms with Crippen LogP contribution in [0.4, 0.5) is 10.1 Å². The maximum atomic E-state index is 12.9. The summed E-state index contributed by atoms with van der Waals surface area (Å²) in [6.07, 6.45) is 0. The van der Waals surface area contributed by atoms with E-state index in [0.717, 1.165) is 12.2 Å². The van der Waals surface area contributed by atoms with Crippen molar-refractivity contribution < 1.29 is 9.13 Å². The van der Waals surface area contributed by atoms with Crippen LogP contribution in [-0.4, -0.2) is 19.7 Å². The molecule has 2 rings (SSSR count). The molecule has 0 spiro atoms. The molecule has 0 bridgehead atoms. The molecule has 0 atom stereocenters. The number of likely N-dealkylation sites (N-methyl/N-ethyl adjacent to an activating group) is 1. The van der Waals surface area contributed by atoms with Crippen LogP contribution in [0, 0.1) is 17.1 Å². The van der Waals surface area contributed by atoms with Crippen LogP contribution in [0.3, 0.4) is 0 Å². The van der Waals surface area contributed by atoms with Gasteiger partial charge < -0.3 is 9.64 Å². The third-order valence-electron chi connectivity index (χ3n) is 3.20. The topological polar surface area (TPSA) is 36.3 Å². The fourth-order valence-electron chi connectivity index (χ4n) is 2.07. The highest BCUT2D eigenvalue weighted by molar-refractivity contribution is 5.46. The van der Waals surface area contributed by atoms with Crippen molar-refractivity contribution in [2.75, 3.05) is 24.6 Å². The number of rotatable bonds is 6. The SMILES string of the molecule is CCN(CCOc1ccccc1C#N)c1ccc(F)cc1. The van der Waals surface area contributed by atoms with Gasteiger partial charge in [0.15, 0.2) is 0 Å². The third kappa shape index (κ3) is 3.96. The second-order valence-corrected chi connectivity index (χ2v) is 4.51. The lowest BCUT2D eigenvalue weighted by molar-refractivity contribution is 0.323. The summed E-state index contributed by atoms with van der Waals surface area (Å²) in [4.78, 5) is 2.09. The fourth-order valence-corrected chi connectivity index (χ4v) is 2.07. The molecule has 0 unspecified atom stereocenters. The average molecular weight is 284 g/mol. The number of hydrogen-bond acceptors (Lipinski definition) is 3. The van der Waals surface area contributed by atoms with Gasteiger partial charge in [-0.15, -0.1) is 0 Å².